The number of nitrogens with two attached hydrogens (primary N) is 1. The van der Waals surface area contributed by atoms with E-state index in [0.29, 0.717) is 10.6 Å². The zero-order valence-corrected chi connectivity index (χ0v) is 11.7. The number of aromatic nitrogens is 1. The van der Waals surface area contributed by atoms with Crippen molar-refractivity contribution in [2.75, 3.05) is 17.3 Å². The maximum absolute atomic E-state index is 13.4. The minimum atomic E-state index is -3.47. The minimum Gasteiger partial charge on any atom is -0.382 e. The molecule has 0 spiro atoms. The molecular formula is C11H12FN3O2S2. The first-order valence-electron chi connectivity index (χ1n) is 5.32. The Labute approximate surface area is 114 Å². The first-order valence-corrected chi connectivity index (χ1v) is 7.98. The van der Waals surface area contributed by atoms with Crippen LogP contribution in [0.25, 0.3) is 0 Å². The Morgan fingerprint density at radius 3 is 2.74 bits per heavy atom. The highest BCUT2D eigenvalue weighted by Gasteiger charge is 2.21. The lowest BCUT2D eigenvalue weighted by Crippen LogP contribution is -2.06. The molecule has 0 amide bonds. The summed E-state index contributed by atoms with van der Waals surface area (Å²) in [6.07, 6.45) is 1.06. The van der Waals surface area contributed by atoms with E-state index in [2.05, 4.69) is 9.69 Å². The maximum atomic E-state index is 13.4. The summed E-state index contributed by atoms with van der Waals surface area (Å²) in [6, 6.07) is 6.26. The van der Waals surface area contributed by atoms with E-state index >= 15 is 0 Å². The number of hydrogen-bond acceptors (Lipinski definition) is 6. The summed E-state index contributed by atoms with van der Waals surface area (Å²) >= 11 is 0.940. The van der Waals surface area contributed by atoms with Gasteiger partial charge in [0.25, 0.3) is 0 Å². The topological polar surface area (TPSA) is 85.1 Å². The number of anilines is 2. The van der Waals surface area contributed by atoms with Crippen molar-refractivity contribution in [1.29, 1.82) is 0 Å². The molecule has 0 saturated heterocycles. The molecule has 0 atom stereocenters. The molecule has 0 unspecified atom stereocenters. The van der Waals surface area contributed by atoms with Gasteiger partial charge in [-0.15, -0.1) is 0 Å². The molecule has 5 nitrogen and oxygen atoms in total. The van der Waals surface area contributed by atoms with E-state index in [4.69, 9.17) is 5.73 Å². The Morgan fingerprint density at radius 1 is 1.42 bits per heavy atom. The van der Waals surface area contributed by atoms with E-state index in [1.54, 1.807) is 18.2 Å². The van der Waals surface area contributed by atoms with Gasteiger partial charge in [-0.2, -0.15) is 4.37 Å². The van der Waals surface area contributed by atoms with Gasteiger partial charge in [0.1, 0.15) is 15.7 Å². The third-order valence-electron chi connectivity index (χ3n) is 2.44. The van der Waals surface area contributed by atoms with Crippen LogP contribution in [-0.2, 0) is 16.4 Å². The molecule has 0 saturated carbocycles. The van der Waals surface area contributed by atoms with Crippen LogP contribution in [0, 0.1) is 5.82 Å². The Bertz CT molecular complexity index is 698. The Balaban J connectivity index is 2.24. The molecule has 0 radical (unpaired) electrons. The zero-order chi connectivity index (χ0) is 14.0. The fourth-order valence-corrected chi connectivity index (χ4v) is 3.65. The summed E-state index contributed by atoms with van der Waals surface area (Å²) in [5, 5.41) is 3.18. The lowest BCUT2D eigenvalue weighted by Gasteiger charge is -2.06. The van der Waals surface area contributed by atoms with Gasteiger partial charge in [0.2, 0.25) is 0 Å². The highest BCUT2D eigenvalue weighted by atomic mass is 32.2. The Hall–Kier alpha value is -1.67. The molecule has 8 heteroatoms. The van der Waals surface area contributed by atoms with Crippen molar-refractivity contribution in [3.63, 3.8) is 0 Å². The van der Waals surface area contributed by atoms with E-state index in [1.165, 1.54) is 6.07 Å². The standard InChI is InChI=1S/C11H12FN3O2S2/c1-19(16,17)9-10(13)15-18-11(9)14-6-7-4-2-3-5-8(7)12/h2-5,14H,6H2,1H3,(H2,13,15). The number of benzene rings is 1. The van der Waals surface area contributed by atoms with Crippen LogP contribution < -0.4 is 11.1 Å². The molecule has 102 valence electrons. The molecule has 0 aliphatic heterocycles. The molecular weight excluding hydrogens is 289 g/mol. The van der Waals surface area contributed by atoms with Gasteiger partial charge in [-0.05, 0) is 17.6 Å². The normalized spacial score (nSPS) is 11.5. The number of sulfone groups is 1. The van der Waals surface area contributed by atoms with Crippen molar-refractivity contribution in [1.82, 2.24) is 4.37 Å². The number of nitrogens with one attached hydrogen (secondary N) is 1. The Morgan fingerprint density at radius 2 is 2.11 bits per heavy atom. The summed E-state index contributed by atoms with van der Waals surface area (Å²) in [5.74, 6) is -0.392. The zero-order valence-electron chi connectivity index (χ0n) is 10.1. The molecule has 0 aliphatic carbocycles. The van der Waals surface area contributed by atoms with Crippen LogP contribution in [-0.4, -0.2) is 19.0 Å². The number of halogens is 1. The summed E-state index contributed by atoms with van der Waals surface area (Å²) in [7, 11) is -3.47. The van der Waals surface area contributed by atoms with Crippen molar-refractivity contribution < 1.29 is 12.8 Å². The molecule has 0 aliphatic rings. The first kappa shape index (κ1) is 13.8. The highest BCUT2D eigenvalue weighted by Crippen LogP contribution is 2.31. The third-order valence-corrected chi connectivity index (χ3v) is 4.55. The summed E-state index contributed by atoms with van der Waals surface area (Å²) in [4.78, 5) is -0.0335. The second kappa shape index (κ2) is 5.14. The highest BCUT2D eigenvalue weighted by molar-refractivity contribution is 7.91. The maximum Gasteiger partial charge on any atom is 0.182 e. The van der Waals surface area contributed by atoms with E-state index in [9.17, 15) is 12.8 Å². The second-order valence-corrected chi connectivity index (χ2v) is 6.67. The van der Waals surface area contributed by atoms with Crippen molar-refractivity contribution in [3.05, 3.63) is 35.6 Å². The SMILES string of the molecule is CS(=O)(=O)c1c(N)nsc1NCc1ccccc1F. The molecule has 1 heterocycles. The van der Waals surface area contributed by atoms with Crippen molar-refractivity contribution in [3.8, 4) is 0 Å². The first-order chi connectivity index (χ1) is 8.89. The Kier molecular flexibility index (Phi) is 3.72. The average Bonchev–Trinajstić information content (AvgIpc) is 2.69. The van der Waals surface area contributed by atoms with E-state index in [1.807, 2.05) is 0 Å². The van der Waals surface area contributed by atoms with Gasteiger partial charge in [0, 0.05) is 18.4 Å². The number of rotatable bonds is 4. The summed E-state index contributed by atoms with van der Waals surface area (Å²) in [6.45, 7) is 0.164. The lowest BCUT2D eigenvalue weighted by molar-refractivity contribution is 0.602. The largest absolute Gasteiger partial charge is 0.382 e. The smallest absolute Gasteiger partial charge is 0.182 e. The monoisotopic (exact) mass is 301 g/mol. The molecule has 2 rings (SSSR count). The molecule has 0 fully saturated rings. The van der Waals surface area contributed by atoms with Gasteiger partial charge in [-0.25, -0.2) is 12.8 Å². The molecule has 19 heavy (non-hydrogen) atoms. The fraction of sp³-hybridized carbons (Fsp3) is 0.182. The quantitative estimate of drug-likeness (QED) is 0.900. The lowest BCUT2D eigenvalue weighted by atomic mass is 10.2. The number of hydrogen-bond donors (Lipinski definition) is 2. The van der Waals surface area contributed by atoms with Crippen LogP contribution in [0.1, 0.15) is 5.56 Å². The second-order valence-electron chi connectivity index (χ2n) is 3.94. The van der Waals surface area contributed by atoms with Crippen molar-refractivity contribution in [2.24, 2.45) is 0 Å². The van der Waals surface area contributed by atoms with Gasteiger partial charge < -0.3 is 11.1 Å². The van der Waals surface area contributed by atoms with Crippen LogP contribution in [0.15, 0.2) is 29.2 Å². The minimum absolute atomic E-state index is 0.0335. The van der Waals surface area contributed by atoms with Gasteiger partial charge in [0.05, 0.1) is 0 Å². The van der Waals surface area contributed by atoms with Crippen LogP contribution in [0.5, 0.6) is 0 Å². The molecule has 1 aromatic carbocycles. The predicted molar refractivity (Wildman–Crippen MR) is 73.4 cm³/mol. The number of nitrogen functional groups attached to an aromatic ring is 1. The molecule has 0 bridgehead atoms. The van der Waals surface area contributed by atoms with Gasteiger partial charge in [0.15, 0.2) is 15.7 Å². The van der Waals surface area contributed by atoms with Crippen LogP contribution >= 0.6 is 11.5 Å². The molecule has 3 N–H and O–H groups in total. The summed E-state index contributed by atoms with van der Waals surface area (Å²) < 4.78 is 40.4. The van der Waals surface area contributed by atoms with Gasteiger partial charge in [-0.3, -0.25) is 0 Å². The van der Waals surface area contributed by atoms with Gasteiger partial charge in [-0.1, -0.05) is 18.2 Å². The van der Waals surface area contributed by atoms with Crippen LogP contribution in [0.4, 0.5) is 15.2 Å². The van der Waals surface area contributed by atoms with E-state index < -0.39 is 9.84 Å². The number of nitrogens with zero attached hydrogens (tertiary/aromatic N) is 1. The average molecular weight is 301 g/mol. The fourth-order valence-electron chi connectivity index (χ4n) is 1.58. The molecule has 2 aromatic rings. The van der Waals surface area contributed by atoms with Gasteiger partial charge >= 0.3 is 0 Å². The predicted octanol–water partition coefficient (Wildman–Crippen LogP) is 1.88. The van der Waals surface area contributed by atoms with E-state index in [-0.39, 0.29) is 23.1 Å². The molecule has 1 aromatic heterocycles. The third kappa shape index (κ3) is 3.02. The van der Waals surface area contributed by atoms with Crippen LogP contribution in [0.3, 0.4) is 0 Å². The van der Waals surface area contributed by atoms with Crippen LogP contribution in [0.2, 0.25) is 0 Å². The van der Waals surface area contributed by atoms with Crippen molar-refractivity contribution >= 4 is 32.2 Å². The summed E-state index contributed by atoms with van der Waals surface area (Å²) in [5.41, 5.74) is 5.97. The van der Waals surface area contributed by atoms with Crippen molar-refractivity contribution in [2.45, 2.75) is 11.4 Å². The van der Waals surface area contributed by atoms with E-state index in [0.717, 1.165) is 17.8 Å².